The van der Waals surface area contributed by atoms with Crippen molar-refractivity contribution in [2.75, 3.05) is 11.9 Å². The summed E-state index contributed by atoms with van der Waals surface area (Å²) in [7, 11) is 0. The molecule has 0 amide bonds. The zero-order valence-corrected chi connectivity index (χ0v) is 11.9. The van der Waals surface area contributed by atoms with Crippen LogP contribution in [0.15, 0.2) is 41.7 Å². The van der Waals surface area contributed by atoms with E-state index in [-0.39, 0.29) is 0 Å². The first kappa shape index (κ1) is 12.9. The smallest absolute Gasteiger partial charge is 0.225 e. The van der Waals surface area contributed by atoms with Crippen molar-refractivity contribution in [3.63, 3.8) is 0 Å². The van der Waals surface area contributed by atoms with Gasteiger partial charge in [-0.15, -0.1) is 0 Å². The minimum atomic E-state index is 0.627. The lowest BCUT2D eigenvalue weighted by atomic mass is 10.2. The molecule has 0 fully saturated rings. The van der Waals surface area contributed by atoms with Crippen LogP contribution in [0.25, 0.3) is 11.2 Å². The number of nitrogens with zero attached hydrogens (tertiary/aromatic N) is 3. The van der Waals surface area contributed by atoms with Crippen molar-refractivity contribution in [1.82, 2.24) is 19.9 Å². The Bertz CT molecular complexity index is 695. The van der Waals surface area contributed by atoms with Crippen LogP contribution in [0.4, 0.5) is 5.95 Å². The number of hydrogen-bond acceptors (Lipinski definition) is 5. The number of aromatic amines is 1. The quantitative estimate of drug-likeness (QED) is 0.557. The zero-order valence-electron chi connectivity index (χ0n) is 11.1. The van der Waals surface area contributed by atoms with E-state index in [0.29, 0.717) is 11.6 Å². The maximum Gasteiger partial charge on any atom is 0.225 e. The normalized spacial score (nSPS) is 10.8. The van der Waals surface area contributed by atoms with Gasteiger partial charge in [0.1, 0.15) is 10.5 Å². The number of imidazole rings is 1. The summed E-state index contributed by atoms with van der Waals surface area (Å²) in [5, 5.41) is 4.06. The molecule has 2 aromatic heterocycles. The fourth-order valence-electron chi connectivity index (χ4n) is 1.87. The maximum absolute atomic E-state index is 4.55. The molecular weight excluding hydrogens is 270 g/mol. The third-order valence-electron chi connectivity index (χ3n) is 2.81. The highest BCUT2D eigenvalue weighted by Gasteiger charge is 2.10. The second kappa shape index (κ2) is 5.92. The van der Waals surface area contributed by atoms with Gasteiger partial charge in [0, 0.05) is 12.3 Å². The van der Waals surface area contributed by atoms with Crippen LogP contribution in [0.1, 0.15) is 12.5 Å². The third kappa shape index (κ3) is 2.75. The number of benzene rings is 1. The van der Waals surface area contributed by atoms with Crippen LogP contribution >= 0.6 is 11.8 Å². The van der Waals surface area contributed by atoms with E-state index in [1.807, 2.05) is 25.1 Å². The van der Waals surface area contributed by atoms with Gasteiger partial charge in [-0.2, -0.15) is 4.98 Å². The summed E-state index contributed by atoms with van der Waals surface area (Å²) in [5.41, 5.74) is 2.87. The molecule has 2 heterocycles. The van der Waals surface area contributed by atoms with Crippen molar-refractivity contribution in [1.29, 1.82) is 0 Å². The molecule has 0 aliphatic carbocycles. The van der Waals surface area contributed by atoms with Gasteiger partial charge >= 0.3 is 0 Å². The van der Waals surface area contributed by atoms with Gasteiger partial charge in [0.15, 0.2) is 5.65 Å². The Morgan fingerprint density at radius 3 is 2.85 bits per heavy atom. The first-order valence-electron chi connectivity index (χ1n) is 6.48. The summed E-state index contributed by atoms with van der Waals surface area (Å²) >= 11 is 1.69. The molecule has 0 bridgehead atoms. The van der Waals surface area contributed by atoms with E-state index >= 15 is 0 Å². The molecule has 0 saturated carbocycles. The molecule has 0 atom stereocenters. The number of anilines is 1. The SMILES string of the molecule is CCNc1nc(SCc2ccccc2)c2[nH]cnc2n1. The van der Waals surface area contributed by atoms with Gasteiger partial charge in [0.2, 0.25) is 5.95 Å². The molecule has 20 heavy (non-hydrogen) atoms. The Morgan fingerprint density at radius 2 is 2.05 bits per heavy atom. The minimum absolute atomic E-state index is 0.627. The first-order chi connectivity index (χ1) is 9.86. The molecular formula is C14H15N5S. The standard InChI is InChI=1S/C14H15N5S/c1-2-15-14-18-12-11(16-9-17-12)13(19-14)20-8-10-6-4-3-5-7-10/h3-7,9H,2,8H2,1H3,(H2,15,16,17,18,19). The summed E-state index contributed by atoms with van der Waals surface area (Å²) < 4.78 is 0. The predicted molar refractivity (Wildman–Crippen MR) is 81.9 cm³/mol. The van der Waals surface area contributed by atoms with Gasteiger partial charge in [-0.1, -0.05) is 42.1 Å². The Balaban J connectivity index is 1.87. The average Bonchev–Trinajstić information content (AvgIpc) is 2.95. The van der Waals surface area contributed by atoms with Gasteiger partial charge < -0.3 is 10.3 Å². The lowest BCUT2D eigenvalue weighted by molar-refractivity contribution is 1.04. The second-order valence-electron chi connectivity index (χ2n) is 4.26. The molecule has 102 valence electrons. The van der Waals surface area contributed by atoms with Crippen LogP contribution in [-0.2, 0) is 5.75 Å². The topological polar surface area (TPSA) is 66.5 Å². The summed E-state index contributed by atoms with van der Waals surface area (Å²) in [6.45, 7) is 2.81. The molecule has 3 aromatic rings. The molecule has 0 saturated heterocycles. The number of aromatic nitrogens is 4. The summed E-state index contributed by atoms with van der Waals surface area (Å²) in [6, 6.07) is 10.3. The summed E-state index contributed by atoms with van der Waals surface area (Å²) in [4.78, 5) is 16.2. The molecule has 0 radical (unpaired) electrons. The van der Waals surface area contributed by atoms with E-state index in [0.717, 1.165) is 22.8 Å². The lowest BCUT2D eigenvalue weighted by Gasteiger charge is -2.06. The zero-order chi connectivity index (χ0) is 13.8. The van der Waals surface area contributed by atoms with Crippen molar-refractivity contribution >= 4 is 28.9 Å². The van der Waals surface area contributed by atoms with E-state index in [4.69, 9.17) is 0 Å². The molecule has 6 heteroatoms. The molecule has 0 aliphatic rings. The summed E-state index contributed by atoms with van der Waals surface area (Å²) in [5.74, 6) is 1.50. The Morgan fingerprint density at radius 1 is 1.20 bits per heavy atom. The van der Waals surface area contributed by atoms with E-state index < -0.39 is 0 Å². The monoisotopic (exact) mass is 285 g/mol. The van der Waals surface area contributed by atoms with Gasteiger partial charge in [0.25, 0.3) is 0 Å². The van der Waals surface area contributed by atoms with Crippen LogP contribution in [0.5, 0.6) is 0 Å². The number of rotatable bonds is 5. The van der Waals surface area contributed by atoms with Crippen LogP contribution in [0.2, 0.25) is 0 Å². The van der Waals surface area contributed by atoms with Crippen molar-refractivity contribution in [3.8, 4) is 0 Å². The van der Waals surface area contributed by atoms with Gasteiger partial charge in [-0.25, -0.2) is 9.97 Å². The Hall–Kier alpha value is -2.08. The predicted octanol–water partition coefficient (Wildman–Crippen LogP) is 3.08. The van der Waals surface area contributed by atoms with E-state index in [1.165, 1.54) is 5.56 Å². The van der Waals surface area contributed by atoms with Crippen molar-refractivity contribution in [2.24, 2.45) is 0 Å². The van der Waals surface area contributed by atoms with Crippen LogP contribution < -0.4 is 5.32 Å². The van der Waals surface area contributed by atoms with Crippen LogP contribution in [0.3, 0.4) is 0 Å². The Labute approximate surface area is 121 Å². The number of nitrogens with one attached hydrogen (secondary N) is 2. The van der Waals surface area contributed by atoms with Crippen LogP contribution in [-0.4, -0.2) is 26.5 Å². The van der Waals surface area contributed by atoms with E-state index in [9.17, 15) is 0 Å². The highest BCUT2D eigenvalue weighted by atomic mass is 32.2. The fraction of sp³-hybridized carbons (Fsp3) is 0.214. The van der Waals surface area contributed by atoms with Crippen LogP contribution in [0, 0.1) is 0 Å². The molecule has 3 rings (SSSR count). The molecule has 0 unspecified atom stereocenters. The van der Waals surface area contributed by atoms with Crippen molar-refractivity contribution < 1.29 is 0 Å². The first-order valence-corrected chi connectivity index (χ1v) is 7.47. The molecule has 2 N–H and O–H groups in total. The molecule has 0 aliphatic heterocycles. The van der Waals surface area contributed by atoms with Gasteiger partial charge in [0.05, 0.1) is 6.33 Å². The summed E-state index contributed by atoms with van der Waals surface area (Å²) in [6.07, 6.45) is 1.65. The van der Waals surface area contributed by atoms with Gasteiger partial charge in [-0.3, -0.25) is 0 Å². The number of thioether (sulfide) groups is 1. The Kier molecular flexibility index (Phi) is 3.83. The van der Waals surface area contributed by atoms with Crippen molar-refractivity contribution in [2.45, 2.75) is 17.7 Å². The van der Waals surface area contributed by atoms with Crippen molar-refractivity contribution in [3.05, 3.63) is 42.2 Å². The number of fused-ring (bicyclic) bond motifs is 1. The highest BCUT2D eigenvalue weighted by molar-refractivity contribution is 7.98. The third-order valence-corrected chi connectivity index (χ3v) is 3.85. The molecule has 5 nitrogen and oxygen atoms in total. The van der Waals surface area contributed by atoms with E-state index in [1.54, 1.807) is 18.1 Å². The van der Waals surface area contributed by atoms with Gasteiger partial charge in [-0.05, 0) is 12.5 Å². The maximum atomic E-state index is 4.55. The highest BCUT2D eigenvalue weighted by Crippen LogP contribution is 2.27. The number of hydrogen-bond donors (Lipinski definition) is 2. The largest absolute Gasteiger partial charge is 0.354 e. The fourth-order valence-corrected chi connectivity index (χ4v) is 2.82. The average molecular weight is 285 g/mol. The minimum Gasteiger partial charge on any atom is -0.354 e. The van der Waals surface area contributed by atoms with E-state index in [2.05, 4.69) is 37.4 Å². The number of H-pyrrole nitrogens is 1. The molecule has 0 spiro atoms. The lowest BCUT2D eigenvalue weighted by Crippen LogP contribution is -2.03. The second-order valence-corrected chi connectivity index (χ2v) is 5.22. The molecule has 1 aromatic carbocycles.